The summed E-state index contributed by atoms with van der Waals surface area (Å²) in [5.74, 6) is 0.698. The van der Waals surface area contributed by atoms with Crippen molar-refractivity contribution < 1.29 is 4.74 Å². The van der Waals surface area contributed by atoms with Crippen molar-refractivity contribution in [2.24, 2.45) is 0 Å². The van der Waals surface area contributed by atoms with Crippen LogP contribution in [0.15, 0.2) is 42.5 Å². The molecule has 17 heavy (non-hydrogen) atoms. The van der Waals surface area contributed by atoms with E-state index in [1.165, 1.54) is 0 Å². The predicted molar refractivity (Wildman–Crippen MR) is 71.4 cm³/mol. The first-order valence-corrected chi connectivity index (χ1v) is 5.77. The van der Waals surface area contributed by atoms with E-state index in [9.17, 15) is 0 Å². The zero-order valence-electron chi connectivity index (χ0n) is 9.61. The molecule has 0 aliphatic rings. The number of hydrogen-bond donors (Lipinski definition) is 1. The highest BCUT2D eigenvalue weighted by Crippen LogP contribution is 2.24. The second-order valence-corrected chi connectivity index (χ2v) is 4.32. The number of benzene rings is 2. The monoisotopic (exact) mass is 247 g/mol. The van der Waals surface area contributed by atoms with Crippen molar-refractivity contribution >= 4 is 17.3 Å². The molecule has 0 atom stereocenters. The van der Waals surface area contributed by atoms with Crippen LogP contribution in [0.2, 0.25) is 5.02 Å². The summed E-state index contributed by atoms with van der Waals surface area (Å²) >= 11 is 6.00. The fourth-order valence-electron chi connectivity index (χ4n) is 1.55. The Kier molecular flexibility index (Phi) is 3.55. The molecule has 2 aromatic carbocycles. The van der Waals surface area contributed by atoms with Crippen LogP contribution in [0.1, 0.15) is 11.1 Å². The zero-order valence-corrected chi connectivity index (χ0v) is 10.4. The molecule has 0 bridgehead atoms. The lowest BCUT2D eigenvalue weighted by atomic mass is 10.1. The highest BCUT2D eigenvalue weighted by molar-refractivity contribution is 6.32. The normalized spacial score (nSPS) is 10.2. The van der Waals surface area contributed by atoms with Crippen molar-refractivity contribution in [2.45, 2.75) is 13.5 Å². The summed E-state index contributed by atoms with van der Waals surface area (Å²) in [5.41, 5.74) is 8.70. The lowest BCUT2D eigenvalue weighted by Crippen LogP contribution is -1.98. The van der Waals surface area contributed by atoms with Crippen LogP contribution in [0.4, 0.5) is 5.69 Å². The second-order valence-electron chi connectivity index (χ2n) is 3.91. The minimum atomic E-state index is 0.491. The smallest absolute Gasteiger partial charge is 0.138 e. The molecule has 0 saturated carbocycles. The van der Waals surface area contributed by atoms with Crippen molar-refractivity contribution in [3.8, 4) is 5.75 Å². The largest absolute Gasteiger partial charge is 0.487 e. The fourth-order valence-corrected chi connectivity index (χ4v) is 1.74. The van der Waals surface area contributed by atoms with Gasteiger partial charge in [-0.05, 0) is 36.2 Å². The Morgan fingerprint density at radius 1 is 1.18 bits per heavy atom. The molecule has 0 unspecified atom stereocenters. The number of nitrogen functional groups attached to an aromatic ring is 1. The van der Waals surface area contributed by atoms with Crippen LogP contribution in [0, 0.1) is 6.92 Å². The summed E-state index contributed by atoms with van der Waals surface area (Å²) in [6.45, 7) is 2.47. The van der Waals surface area contributed by atoms with Crippen LogP contribution in [0.3, 0.4) is 0 Å². The summed E-state index contributed by atoms with van der Waals surface area (Å²) in [6.07, 6.45) is 0. The third-order valence-electron chi connectivity index (χ3n) is 2.57. The highest BCUT2D eigenvalue weighted by atomic mass is 35.5. The molecule has 0 spiro atoms. The van der Waals surface area contributed by atoms with E-state index in [1.54, 1.807) is 0 Å². The molecular weight excluding hydrogens is 234 g/mol. The molecule has 2 N–H and O–H groups in total. The molecule has 3 heteroatoms. The van der Waals surface area contributed by atoms with Gasteiger partial charge in [0, 0.05) is 5.69 Å². The van der Waals surface area contributed by atoms with Gasteiger partial charge in [-0.1, -0.05) is 35.9 Å². The van der Waals surface area contributed by atoms with E-state index in [4.69, 9.17) is 22.1 Å². The number of hydrogen-bond acceptors (Lipinski definition) is 2. The van der Waals surface area contributed by atoms with Gasteiger partial charge in [-0.25, -0.2) is 0 Å². The van der Waals surface area contributed by atoms with Gasteiger partial charge in [-0.3, -0.25) is 0 Å². The highest BCUT2D eigenvalue weighted by Gasteiger charge is 2.01. The van der Waals surface area contributed by atoms with Gasteiger partial charge in [0.15, 0.2) is 0 Å². The van der Waals surface area contributed by atoms with Crippen LogP contribution < -0.4 is 10.5 Å². The number of nitrogens with two attached hydrogens (primary N) is 1. The van der Waals surface area contributed by atoms with Gasteiger partial charge < -0.3 is 10.5 Å². The van der Waals surface area contributed by atoms with Gasteiger partial charge in [0.1, 0.15) is 12.4 Å². The summed E-state index contributed by atoms with van der Waals surface area (Å²) in [7, 11) is 0. The molecule has 2 aromatic rings. The zero-order chi connectivity index (χ0) is 12.3. The first-order chi connectivity index (χ1) is 8.16. The van der Waals surface area contributed by atoms with Gasteiger partial charge >= 0.3 is 0 Å². The maximum Gasteiger partial charge on any atom is 0.138 e. The van der Waals surface area contributed by atoms with Crippen molar-refractivity contribution in [3.63, 3.8) is 0 Å². The third-order valence-corrected chi connectivity index (χ3v) is 2.88. The molecule has 0 amide bonds. The molecular formula is C14H14ClNO. The van der Waals surface area contributed by atoms with Crippen LogP contribution in [-0.2, 0) is 6.61 Å². The minimum Gasteiger partial charge on any atom is -0.487 e. The van der Waals surface area contributed by atoms with E-state index in [1.807, 2.05) is 49.4 Å². The first-order valence-electron chi connectivity index (χ1n) is 5.39. The summed E-state index contributed by atoms with van der Waals surface area (Å²) in [6, 6.07) is 13.3. The third kappa shape index (κ3) is 2.92. The topological polar surface area (TPSA) is 35.2 Å². The van der Waals surface area contributed by atoms with Crippen LogP contribution in [-0.4, -0.2) is 0 Å². The molecule has 0 fully saturated rings. The fraction of sp³-hybridized carbons (Fsp3) is 0.143. The maximum absolute atomic E-state index is 6.00. The van der Waals surface area contributed by atoms with E-state index in [0.29, 0.717) is 17.4 Å². The number of rotatable bonds is 3. The van der Waals surface area contributed by atoms with Crippen molar-refractivity contribution in [3.05, 3.63) is 58.6 Å². The van der Waals surface area contributed by atoms with E-state index < -0.39 is 0 Å². The van der Waals surface area contributed by atoms with E-state index >= 15 is 0 Å². The van der Waals surface area contributed by atoms with Gasteiger partial charge in [0.25, 0.3) is 0 Å². The SMILES string of the molecule is Cc1cc(COc2ccccc2Cl)ccc1N. The van der Waals surface area contributed by atoms with E-state index in [2.05, 4.69) is 0 Å². The summed E-state index contributed by atoms with van der Waals surface area (Å²) in [5, 5.41) is 0.625. The first kappa shape index (κ1) is 11.8. The molecule has 0 aliphatic carbocycles. The molecule has 0 radical (unpaired) electrons. The number of aryl methyl sites for hydroxylation is 1. The quantitative estimate of drug-likeness (QED) is 0.837. The Labute approximate surface area is 106 Å². The average molecular weight is 248 g/mol. The Morgan fingerprint density at radius 3 is 2.65 bits per heavy atom. The molecule has 2 rings (SSSR count). The number of halogens is 1. The maximum atomic E-state index is 6.00. The Hall–Kier alpha value is -1.67. The van der Waals surface area contributed by atoms with Crippen LogP contribution in [0.5, 0.6) is 5.75 Å². The Bertz CT molecular complexity index is 525. The van der Waals surface area contributed by atoms with Gasteiger partial charge in [-0.2, -0.15) is 0 Å². The summed E-state index contributed by atoms with van der Waals surface area (Å²) in [4.78, 5) is 0. The Morgan fingerprint density at radius 2 is 1.94 bits per heavy atom. The van der Waals surface area contributed by atoms with Gasteiger partial charge in [0.2, 0.25) is 0 Å². The van der Waals surface area contributed by atoms with E-state index in [-0.39, 0.29) is 0 Å². The standard InChI is InChI=1S/C14H14ClNO/c1-10-8-11(6-7-13(10)16)9-17-14-5-3-2-4-12(14)15/h2-8H,9,16H2,1H3. The van der Waals surface area contributed by atoms with Crippen molar-refractivity contribution in [1.29, 1.82) is 0 Å². The average Bonchev–Trinajstić information content (AvgIpc) is 2.32. The van der Waals surface area contributed by atoms with Crippen molar-refractivity contribution in [2.75, 3.05) is 5.73 Å². The second kappa shape index (κ2) is 5.11. The number of anilines is 1. The lowest BCUT2D eigenvalue weighted by molar-refractivity contribution is 0.306. The molecule has 2 nitrogen and oxygen atoms in total. The van der Waals surface area contributed by atoms with Crippen LogP contribution >= 0.6 is 11.6 Å². The Balaban J connectivity index is 2.08. The molecule has 0 saturated heterocycles. The molecule has 0 aromatic heterocycles. The number of para-hydroxylation sites is 1. The minimum absolute atomic E-state index is 0.491. The van der Waals surface area contributed by atoms with E-state index in [0.717, 1.165) is 16.8 Å². The molecule has 0 aliphatic heterocycles. The van der Waals surface area contributed by atoms with Crippen molar-refractivity contribution in [1.82, 2.24) is 0 Å². The summed E-state index contributed by atoms with van der Waals surface area (Å²) < 4.78 is 5.64. The predicted octanol–water partition coefficient (Wildman–Crippen LogP) is 3.81. The van der Waals surface area contributed by atoms with Gasteiger partial charge in [-0.15, -0.1) is 0 Å². The van der Waals surface area contributed by atoms with Gasteiger partial charge in [0.05, 0.1) is 5.02 Å². The van der Waals surface area contributed by atoms with Crippen LogP contribution in [0.25, 0.3) is 0 Å². The molecule has 0 heterocycles. The number of ether oxygens (including phenoxy) is 1. The lowest BCUT2D eigenvalue weighted by Gasteiger charge is -2.09. The molecule has 88 valence electrons.